The summed E-state index contributed by atoms with van der Waals surface area (Å²) < 4.78 is 5.66. The highest BCUT2D eigenvalue weighted by Gasteiger charge is 2.25. The van der Waals surface area contributed by atoms with E-state index in [0.29, 0.717) is 19.0 Å². The molecule has 2 heterocycles. The van der Waals surface area contributed by atoms with Crippen molar-refractivity contribution in [3.05, 3.63) is 46.5 Å². The highest BCUT2D eigenvalue weighted by atomic mass is 127. The molecule has 2 aromatic heterocycles. The van der Waals surface area contributed by atoms with Gasteiger partial charge in [0.05, 0.1) is 18.8 Å². The monoisotopic (exact) mass is 520 g/mol. The Kier molecular flexibility index (Phi) is 11.1. The summed E-state index contributed by atoms with van der Waals surface area (Å²) in [5.74, 6) is 1.63. The minimum absolute atomic E-state index is 0. The lowest BCUT2D eigenvalue weighted by atomic mass is 10.1. The molecule has 3 N–H and O–H groups in total. The Labute approximate surface area is 189 Å². The zero-order valence-electron chi connectivity index (χ0n) is 17.1. The predicted molar refractivity (Wildman–Crippen MR) is 128 cm³/mol. The quantitative estimate of drug-likeness (QED) is 0.253. The third-order valence-corrected chi connectivity index (χ3v) is 5.65. The Morgan fingerprint density at radius 3 is 2.54 bits per heavy atom. The minimum Gasteiger partial charge on any atom is -0.468 e. The van der Waals surface area contributed by atoms with E-state index in [1.54, 1.807) is 24.5 Å². The number of hydrogen-bond donors (Lipinski definition) is 3. The van der Waals surface area contributed by atoms with E-state index in [9.17, 15) is 5.11 Å². The summed E-state index contributed by atoms with van der Waals surface area (Å²) >= 11 is 1.54. The summed E-state index contributed by atoms with van der Waals surface area (Å²) in [6.07, 6.45) is 1.71. The summed E-state index contributed by atoms with van der Waals surface area (Å²) in [6.45, 7) is 11.7. The normalized spacial score (nSPS) is 15.0. The second-order valence-corrected chi connectivity index (χ2v) is 7.53. The summed E-state index contributed by atoms with van der Waals surface area (Å²) in [6, 6.07) is 7.93. The van der Waals surface area contributed by atoms with Crippen molar-refractivity contribution in [1.29, 1.82) is 0 Å². The molecule has 0 aliphatic heterocycles. The number of nitrogens with zero attached hydrogens (tertiary/aromatic N) is 2. The topological polar surface area (TPSA) is 73.0 Å². The van der Waals surface area contributed by atoms with Crippen molar-refractivity contribution in [2.75, 3.05) is 32.7 Å². The Bertz CT molecular complexity index is 670. The van der Waals surface area contributed by atoms with Gasteiger partial charge in [-0.05, 0) is 50.5 Å². The van der Waals surface area contributed by atoms with Gasteiger partial charge in [0.2, 0.25) is 0 Å². The fraction of sp³-hybridized carbons (Fsp3) is 0.550. The molecule has 158 valence electrons. The van der Waals surface area contributed by atoms with Crippen molar-refractivity contribution in [2.24, 2.45) is 4.99 Å². The first-order valence-electron chi connectivity index (χ1n) is 9.57. The van der Waals surface area contributed by atoms with Gasteiger partial charge in [0.25, 0.3) is 0 Å². The number of hydrogen-bond acceptors (Lipinski definition) is 5. The summed E-state index contributed by atoms with van der Waals surface area (Å²) in [4.78, 5) is 7.87. The average Bonchev–Trinajstić information content (AvgIpc) is 3.37. The smallest absolute Gasteiger partial charge is 0.191 e. The van der Waals surface area contributed by atoms with E-state index in [-0.39, 0.29) is 30.0 Å². The van der Waals surface area contributed by atoms with Crippen LogP contribution in [-0.4, -0.2) is 48.7 Å². The molecule has 2 atom stereocenters. The molecule has 0 aromatic carbocycles. The van der Waals surface area contributed by atoms with Crippen LogP contribution in [0.1, 0.15) is 44.4 Å². The van der Waals surface area contributed by atoms with Crippen LogP contribution in [0.2, 0.25) is 0 Å². The molecule has 2 aromatic rings. The van der Waals surface area contributed by atoms with Crippen molar-refractivity contribution in [3.63, 3.8) is 0 Å². The van der Waals surface area contributed by atoms with Crippen molar-refractivity contribution >= 4 is 41.3 Å². The maximum Gasteiger partial charge on any atom is 0.191 e. The van der Waals surface area contributed by atoms with Crippen LogP contribution in [0.15, 0.2) is 45.3 Å². The first kappa shape index (κ1) is 24.9. The zero-order chi connectivity index (χ0) is 19.7. The average molecular weight is 520 g/mol. The molecule has 0 radical (unpaired) electrons. The molecule has 0 fully saturated rings. The Balaban J connectivity index is 0.00000392. The van der Waals surface area contributed by atoms with E-state index < -0.39 is 5.60 Å². The number of likely N-dealkylation sites (N-methyl/N-ethyl adjacent to an activating group) is 1. The molecule has 0 saturated heterocycles. The van der Waals surface area contributed by atoms with Crippen LogP contribution in [0.5, 0.6) is 0 Å². The van der Waals surface area contributed by atoms with E-state index in [2.05, 4.69) is 34.4 Å². The van der Waals surface area contributed by atoms with Gasteiger partial charge in [-0.2, -0.15) is 0 Å². The molecule has 6 nitrogen and oxygen atoms in total. The van der Waals surface area contributed by atoms with Crippen molar-refractivity contribution in [3.8, 4) is 0 Å². The molecule has 2 unspecified atom stereocenters. The van der Waals surface area contributed by atoms with Crippen molar-refractivity contribution < 1.29 is 9.52 Å². The first-order valence-corrected chi connectivity index (χ1v) is 10.5. The molecule has 0 spiro atoms. The van der Waals surface area contributed by atoms with E-state index in [1.807, 2.05) is 36.6 Å². The van der Waals surface area contributed by atoms with E-state index >= 15 is 0 Å². The van der Waals surface area contributed by atoms with Gasteiger partial charge in [0.15, 0.2) is 5.96 Å². The van der Waals surface area contributed by atoms with Gasteiger partial charge >= 0.3 is 0 Å². The van der Waals surface area contributed by atoms with Crippen LogP contribution in [-0.2, 0) is 5.60 Å². The molecule has 8 heteroatoms. The summed E-state index contributed by atoms with van der Waals surface area (Å²) in [7, 11) is 0. The van der Waals surface area contributed by atoms with Gasteiger partial charge in [0.1, 0.15) is 11.4 Å². The number of aliphatic imine (C=N–C) groups is 1. The third-order valence-electron chi connectivity index (χ3n) is 4.53. The molecule has 28 heavy (non-hydrogen) atoms. The van der Waals surface area contributed by atoms with Gasteiger partial charge < -0.3 is 20.2 Å². The number of rotatable bonds is 10. The minimum atomic E-state index is -0.976. The van der Waals surface area contributed by atoms with E-state index in [1.165, 1.54) is 0 Å². The van der Waals surface area contributed by atoms with Gasteiger partial charge in [-0.25, -0.2) is 4.99 Å². The Morgan fingerprint density at radius 2 is 2.00 bits per heavy atom. The highest BCUT2D eigenvalue weighted by Crippen LogP contribution is 2.25. The van der Waals surface area contributed by atoms with Crippen LogP contribution in [0.4, 0.5) is 0 Å². The van der Waals surface area contributed by atoms with Crippen LogP contribution in [0.3, 0.4) is 0 Å². The van der Waals surface area contributed by atoms with E-state index in [4.69, 9.17) is 4.42 Å². The number of aliphatic hydroxyl groups is 1. The van der Waals surface area contributed by atoms with Crippen LogP contribution in [0, 0.1) is 0 Å². The Morgan fingerprint density at radius 1 is 1.25 bits per heavy atom. The molecule has 0 aliphatic rings. The number of thiophene rings is 1. The van der Waals surface area contributed by atoms with Gasteiger partial charge in [-0.15, -0.1) is 35.3 Å². The second kappa shape index (κ2) is 12.5. The van der Waals surface area contributed by atoms with Crippen molar-refractivity contribution in [1.82, 2.24) is 15.5 Å². The highest BCUT2D eigenvalue weighted by molar-refractivity contribution is 14.0. The molecule has 0 bridgehead atoms. The lowest BCUT2D eigenvalue weighted by Crippen LogP contribution is -2.43. The lowest BCUT2D eigenvalue weighted by molar-refractivity contribution is 0.0711. The van der Waals surface area contributed by atoms with Gasteiger partial charge in [-0.1, -0.05) is 19.9 Å². The standard InChI is InChI=1S/C20H32N4O2S.HI/c1-5-21-19(23-15-20(4,25)18-11-9-13-27-18)22-14-16(24(6-2)7-3)17-10-8-12-26-17;/h8-13,16,25H,5-7,14-15H2,1-4H3,(H2,21,22,23);1H. The summed E-state index contributed by atoms with van der Waals surface area (Å²) in [5.41, 5.74) is -0.976. The second-order valence-electron chi connectivity index (χ2n) is 6.58. The first-order chi connectivity index (χ1) is 13.0. The van der Waals surface area contributed by atoms with Gasteiger partial charge in [-0.3, -0.25) is 4.90 Å². The lowest BCUT2D eigenvalue weighted by Gasteiger charge is -2.29. The molecular weight excluding hydrogens is 487 g/mol. The molecule has 0 amide bonds. The van der Waals surface area contributed by atoms with Crippen molar-refractivity contribution in [2.45, 2.75) is 39.3 Å². The molecular formula is C20H33IN4O2S. The SMILES string of the molecule is CCNC(=NCC(C)(O)c1cccs1)NCC(c1ccco1)N(CC)CC.I. The maximum atomic E-state index is 10.7. The molecule has 2 rings (SSSR count). The van der Waals surface area contributed by atoms with Crippen LogP contribution >= 0.6 is 35.3 Å². The van der Waals surface area contributed by atoms with Crippen LogP contribution < -0.4 is 10.6 Å². The number of furan rings is 1. The predicted octanol–water partition coefficient (Wildman–Crippen LogP) is 3.80. The fourth-order valence-corrected chi connectivity index (χ4v) is 3.77. The Hall–Kier alpha value is -1.10. The maximum absolute atomic E-state index is 10.7. The van der Waals surface area contributed by atoms with E-state index in [0.717, 1.165) is 30.3 Å². The number of nitrogens with one attached hydrogen (secondary N) is 2. The zero-order valence-corrected chi connectivity index (χ0v) is 20.3. The largest absolute Gasteiger partial charge is 0.468 e. The molecule has 0 saturated carbocycles. The van der Waals surface area contributed by atoms with Crippen LogP contribution in [0.25, 0.3) is 0 Å². The van der Waals surface area contributed by atoms with Gasteiger partial charge in [0, 0.05) is 18.0 Å². The number of halogens is 1. The molecule has 0 aliphatic carbocycles. The summed E-state index contributed by atoms with van der Waals surface area (Å²) in [5, 5.41) is 19.3. The fourth-order valence-electron chi connectivity index (χ4n) is 2.99. The number of guanidine groups is 1. The third kappa shape index (κ3) is 7.06.